The van der Waals surface area contributed by atoms with Gasteiger partial charge in [0.1, 0.15) is 11.5 Å². The first kappa shape index (κ1) is 16.7. The van der Waals surface area contributed by atoms with E-state index in [9.17, 15) is 4.79 Å². The first-order valence-electron chi connectivity index (χ1n) is 9.97. The standard InChI is InChI=1S/C23H25NO3/c1-15-2-4-16(5-3-15)12-22(25)24(18-6-7-18)14-20-19-9-11-26-21(19)13-17-8-10-27-23(17)20/h2-5,13,18H,6-12,14H2,1H3. The molecule has 0 aromatic heterocycles. The average molecular weight is 363 g/mol. The quantitative estimate of drug-likeness (QED) is 0.815. The Kier molecular flexibility index (Phi) is 4.07. The van der Waals surface area contributed by atoms with Crippen LogP contribution >= 0.6 is 0 Å². The van der Waals surface area contributed by atoms with Crippen molar-refractivity contribution in [2.75, 3.05) is 13.2 Å². The summed E-state index contributed by atoms with van der Waals surface area (Å²) in [5, 5.41) is 0. The second-order valence-corrected chi connectivity index (χ2v) is 7.93. The number of benzene rings is 2. The zero-order valence-corrected chi connectivity index (χ0v) is 15.8. The number of fused-ring (bicyclic) bond motifs is 2. The Labute approximate surface area is 160 Å². The molecule has 1 saturated carbocycles. The number of rotatable bonds is 5. The van der Waals surface area contributed by atoms with Crippen molar-refractivity contribution in [3.63, 3.8) is 0 Å². The largest absolute Gasteiger partial charge is 0.493 e. The van der Waals surface area contributed by atoms with E-state index in [2.05, 4.69) is 42.2 Å². The smallest absolute Gasteiger partial charge is 0.227 e. The number of hydrogen-bond acceptors (Lipinski definition) is 3. The summed E-state index contributed by atoms with van der Waals surface area (Å²) >= 11 is 0. The third-order valence-electron chi connectivity index (χ3n) is 5.87. The van der Waals surface area contributed by atoms with Crippen LogP contribution in [0.3, 0.4) is 0 Å². The van der Waals surface area contributed by atoms with Crippen molar-refractivity contribution >= 4 is 5.91 Å². The summed E-state index contributed by atoms with van der Waals surface area (Å²) < 4.78 is 11.8. The Morgan fingerprint density at radius 3 is 2.67 bits per heavy atom. The van der Waals surface area contributed by atoms with Crippen LogP contribution in [0.4, 0.5) is 0 Å². The zero-order chi connectivity index (χ0) is 18.4. The van der Waals surface area contributed by atoms with Gasteiger partial charge in [0.25, 0.3) is 0 Å². The van der Waals surface area contributed by atoms with Gasteiger partial charge in [-0.3, -0.25) is 4.79 Å². The first-order chi connectivity index (χ1) is 13.2. The van der Waals surface area contributed by atoms with Gasteiger partial charge in [0, 0.05) is 35.6 Å². The van der Waals surface area contributed by atoms with E-state index in [1.807, 2.05) is 0 Å². The lowest BCUT2D eigenvalue weighted by molar-refractivity contribution is -0.131. The Balaban J connectivity index is 1.43. The molecular weight excluding hydrogens is 338 g/mol. The van der Waals surface area contributed by atoms with Crippen LogP contribution in [0.2, 0.25) is 0 Å². The van der Waals surface area contributed by atoms with Gasteiger partial charge in [-0.2, -0.15) is 0 Å². The number of ether oxygens (including phenoxy) is 2. The predicted molar refractivity (Wildman–Crippen MR) is 103 cm³/mol. The third kappa shape index (κ3) is 3.18. The fourth-order valence-corrected chi connectivity index (χ4v) is 4.21. The summed E-state index contributed by atoms with van der Waals surface area (Å²) in [7, 11) is 0. The van der Waals surface area contributed by atoms with Gasteiger partial charge in [-0.15, -0.1) is 0 Å². The van der Waals surface area contributed by atoms with Crippen LogP contribution in [0.1, 0.15) is 40.7 Å². The number of aryl methyl sites for hydroxylation is 1. The zero-order valence-electron chi connectivity index (χ0n) is 15.8. The van der Waals surface area contributed by atoms with E-state index in [0.717, 1.165) is 56.0 Å². The molecule has 0 spiro atoms. The fraction of sp³-hybridized carbons (Fsp3) is 0.435. The SMILES string of the molecule is Cc1ccc(CC(=O)N(Cc2c3c(cc4c2OCC4)OCC3)C2CC2)cc1. The van der Waals surface area contributed by atoms with E-state index in [1.165, 1.54) is 22.3 Å². The summed E-state index contributed by atoms with van der Waals surface area (Å²) in [4.78, 5) is 15.2. The van der Waals surface area contributed by atoms with Crippen LogP contribution in [0.15, 0.2) is 30.3 Å². The minimum atomic E-state index is 0.213. The normalized spacial score (nSPS) is 17.1. The van der Waals surface area contributed by atoms with Gasteiger partial charge in [-0.25, -0.2) is 0 Å². The maximum atomic E-state index is 13.1. The van der Waals surface area contributed by atoms with Crippen LogP contribution in [-0.4, -0.2) is 30.1 Å². The molecule has 4 nitrogen and oxygen atoms in total. The Hall–Kier alpha value is -2.49. The Morgan fingerprint density at radius 2 is 1.89 bits per heavy atom. The Morgan fingerprint density at radius 1 is 1.11 bits per heavy atom. The van der Waals surface area contributed by atoms with Crippen molar-refractivity contribution in [1.29, 1.82) is 0 Å². The second-order valence-electron chi connectivity index (χ2n) is 7.93. The minimum Gasteiger partial charge on any atom is -0.493 e. The molecule has 0 unspecified atom stereocenters. The van der Waals surface area contributed by atoms with E-state index in [0.29, 0.717) is 19.0 Å². The van der Waals surface area contributed by atoms with Crippen molar-refractivity contribution in [2.24, 2.45) is 0 Å². The van der Waals surface area contributed by atoms with E-state index in [-0.39, 0.29) is 5.91 Å². The average Bonchev–Trinajstić information content (AvgIpc) is 3.20. The summed E-state index contributed by atoms with van der Waals surface area (Å²) in [6.07, 6.45) is 4.51. The van der Waals surface area contributed by atoms with Crippen molar-refractivity contribution in [1.82, 2.24) is 4.90 Å². The molecule has 0 bridgehead atoms. The minimum absolute atomic E-state index is 0.213. The van der Waals surface area contributed by atoms with Gasteiger partial charge in [0.15, 0.2) is 0 Å². The lowest BCUT2D eigenvalue weighted by atomic mass is 9.98. The molecule has 2 heterocycles. The second kappa shape index (κ2) is 6.59. The first-order valence-corrected chi connectivity index (χ1v) is 9.97. The van der Waals surface area contributed by atoms with Gasteiger partial charge >= 0.3 is 0 Å². The van der Waals surface area contributed by atoms with Crippen LogP contribution in [0.5, 0.6) is 11.5 Å². The third-order valence-corrected chi connectivity index (χ3v) is 5.87. The molecule has 27 heavy (non-hydrogen) atoms. The highest BCUT2D eigenvalue weighted by Gasteiger charge is 2.35. The van der Waals surface area contributed by atoms with Crippen LogP contribution in [0.25, 0.3) is 0 Å². The number of carbonyl (C=O) groups is 1. The van der Waals surface area contributed by atoms with Crippen molar-refractivity contribution in [2.45, 2.75) is 51.6 Å². The summed E-state index contributed by atoms with van der Waals surface area (Å²) in [5.74, 6) is 2.22. The van der Waals surface area contributed by atoms with Gasteiger partial charge < -0.3 is 14.4 Å². The predicted octanol–water partition coefficient (Wildman–Crippen LogP) is 3.60. The number of amides is 1. The summed E-state index contributed by atoms with van der Waals surface area (Å²) in [6.45, 7) is 4.17. The molecule has 2 aliphatic heterocycles. The van der Waals surface area contributed by atoms with Crippen molar-refractivity contribution < 1.29 is 14.3 Å². The van der Waals surface area contributed by atoms with Gasteiger partial charge in [-0.05, 0) is 31.4 Å². The molecule has 5 rings (SSSR count). The van der Waals surface area contributed by atoms with Gasteiger partial charge in [0.05, 0.1) is 26.2 Å². The molecular formula is C23H25NO3. The topological polar surface area (TPSA) is 38.8 Å². The van der Waals surface area contributed by atoms with E-state index in [4.69, 9.17) is 9.47 Å². The van der Waals surface area contributed by atoms with E-state index < -0.39 is 0 Å². The molecule has 2 aromatic carbocycles. The monoisotopic (exact) mass is 363 g/mol. The Bertz CT molecular complexity index is 851. The molecule has 4 heteroatoms. The molecule has 0 atom stereocenters. The van der Waals surface area contributed by atoms with Crippen LogP contribution < -0.4 is 9.47 Å². The lowest BCUT2D eigenvalue weighted by Crippen LogP contribution is -2.34. The molecule has 1 fully saturated rings. The van der Waals surface area contributed by atoms with Crippen LogP contribution in [-0.2, 0) is 30.6 Å². The molecule has 0 saturated heterocycles. The van der Waals surface area contributed by atoms with Gasteiger partial charge in [0.2, 0.25) is 5.91 Å². The van der Waals surface area contributed by atoms with Gasteiger partial charge in [-0.1, -0.05) is 29.8 Å². The number of nitrogens with zero attached hydrogens (tertiary/aromatic N) is 1. The highest BCUT2D eigenvalue weighted by atomic mass is 16.5. The molecule has 1 amide bonds. The molecule has 0 radical (unpaired) electrons. The molecule has 0 N–H and O–H groups in total. The summed E-state index contributed by atoms with van der Waals surface area (Å²) in [5.41, 5.74) is 5.95. The van der Waals surface area contributed by atoms with Crippen molar-refractivity contribution in [3.8, 4) is 11.5 Å². The fourth-order valence-electron chi connectivity index (χ4n) is 4.21. The highest BCUT2D eigenvalue weighted by Crippen LogP contribution is 2.42. The number of carbonyl (C=O) groups excluding carboxylic acids is 1. The molecule has 3 aliphatic rings. The van der Waals surface area contributed by atoms with E-state index in [1.54, 1.807) is 0 Å². The summed E-state index contributed by atoms with van der Waals surface area (Å²) in [6, 6.07) is 10.8. The highest BCUT2D eigenvalue weighted by molar-refractivity contribution is 5.79. The van der Waals surface area contributed by atoms with Crippen LogP contribution in [0, 0.1) is 6.92 Å². The molecule has 2 aromatic rings. The maximum absolute atomic E-state index is 13.1. The number of hydrogen-bond donors (Lipinski definition) is 0. The molecule has 1 aliphatic carbocycles. The maximum Gasteiger partial charge on any atom is 0.227 e. The lowest BCUT2D eigenvalue weighted by Gasteiger charge is -2.25. The van der Waals surface area contributed by atoms with E-state index >= 15 is 0 Å². The molecule has 140 valence electrons. The van der Waals surface area contributed by atoms with Crippen molar-refractivity contribution in [3.05, 3.63) is 58.1 Å².